The Hall–Kier alpha value is -2.70. The van der Waals surface area contributed by atoms with Crippen molar-refractivity contribution < 1.29 is 23.8 Å². The van der Waals surface area contributed by atoms with Crippen LogP contribution in [0.3, 0.4) is 0 Å². The second-order valence-electron chi connectivity index (χ2n) is 5.91. The van der Waals surface area contributed by atoms with Crippen molar-refractivity contribution in [3.05, 3.63) is 36.0 Å². The number of carbonyl (C=O) groups is 2. The zero-order valence-corrected chi connectivity index (χ0v) is 14.9. The number of hydrogen-bond acceptors (Lipinski definition) is 5. The third kappa shape index (κ3) is 4.23. The van der Waals surface area contributed by atoms with Gasteiger partial charge in [-0.05, 0) is 38.5 Å². The zero-order chi connectivity index (χ0) is 18.6. The first-order chi connectivity index (χ1) is 11.9. The Kier molecular flexibility index (Phi) is 5.90. The maximum Gasteiger partial charge on any atom is 0.319 e. The van der Waals surface area contributed by atoms with Gasteiger partial charge in [0.05, 0.1) is 25.9 Å². The van der Waals surface area contributed by atoms with Gasteiger partial charge in [0.2, 0.25) is 0 Å². The Morgan fingerprint density at radius 1 is 1.32 bits per heavy atom. The fraction of sp³-hybridized carbons (Fsp3) is 0.444. The van der Waals surface area contributed by atoms with Crippen LogP contribution in [0.2, 0.25) is 0 Å². The minimum atomic E-state index is -0.747. The maximum atomic E-state index is 12.5. The van der Waals surface area contributed by atoms with E-state index < -0.39 is 24.0 Å². The van der Waals surface area contributed by atoms with E-state index in [1.165, 1.54) is 7.11 Å². The van der Waals surface area contributed by atoms with Crippen LogP contribution in [-0.2, 0) is 9.53 Å². The highest BCUT2D eigenvalue weighted by Crippen LogP contribution is 2.36. The van der Waals surface area contributed by atoms with Crippen molar-refractivity contribution >= 4 is 12.0 Å². The Bertz CT molecular complexity index is 671. The van der Waals surface area contributed by atoms with Crippen molar-refractivity contribution in [2.45, 2.75) is 32.9 Å². The lowest BCUT2D eigenvalue weighted by Crippen LogP contribution is -2.51. The largest absolute Gasteiger partial charge is 0.493 e. The monoisotopic (exact) mass is 348 g/mol. The SMILES string of the molecule is C=C1NC(=O)NC(c2ccc(OCC)c(OC)c2)C1C(=O)OC(C)C. The molecule has 1 aliphatic heterocycles. The molecule has 1 saturated heterocycles. The number of ether oxygens (including phenoxy) is 3. The highest BCUT2D eigenvalue weighted by molar-refractivity contribution is 5.85. The number of benzene rings is 1. The quantitative estimate of drug-likeness (QED) is 0.772. The number of esters is 1. The average Bonchev–Trinajstić information content (AvgIpc) is 2.53. The summed E-state index contributed by atoms with van der Waals surface area (Å²) >= 11 is 0. The number of methoxy groups -OCH3 is 1. The van der Waals surface area contributed by atoms with Gasteiger partial charge >= 0.3 is 12.0 Å². The number of rotatable bonds is 6. The summed E-state index contributed by atoms with van der Waals surface area (Å²) in [7, 11) is 1.53. The minimum absolute atomic E-state index is 0.270. The lowest BCUT2D eigenvalue weighted by molar-refractivity contribution is -0.152. The summed E-state index contributed by atoms with van der Waals surface area (Å²) in [6.07, 6.45) is -0.270. The van der Waals surface area contributed by atoms with Crippen LogP contribution in [0, 0.1) is 5.92 Å². The molecule has 2 rings (SSSR count). The molecular weight excluding hydrogens is 324 g/mol. The summed E-state index contributed by atoms with van der Waals surface area (Å²) in [6.45, 7) is 9.72. The summed E-state index contributed by atoms with van der Waals surface area (Å²) in [5.41, 5.74) is 0.995. The van der Waals surface area contributed by atoms with Crippen molar-refractivity contribution in [2.75, 3.05) is 13.7 Å². The fourth-order valence-electron chi connectivity index (χ4n) is 2.70. The number of urea groups is 1. The van der Waals surface area contributed by atoms with Gasteiger partial charge in [0.25, 0.3) is 0 Å². The molecule has 0 saturated carbocycles. The minimum Gasteiger partial charge on any atom is -0.493 e. The predicted molar refractivity (Wildman–Crippen MR) is 92.4 cm³/mol. The fourth-order valence-corrected chi connectivity index (χ4v) is 2.70. The van der Waals surface area contributed by atoms with Crippen LogP contribution in [0.5, 0.6) is 11.5 Å². The van der Waals surface area contributed by atoms with Gasteiger partial charge < -0.3 is 24.8 Å². The molecule has 0 bridgehead atoms. The van der Waals surface area contributed by atoms with Crippen LogP contribution in [0.15, 0.2) is 30.5 Å². The van der Waals surface area contributed by atoms with Crippen molar-refractivity contribution in [3.8, 4) is 11.5 Å². The van der Waals surface area contributed by atoms with Crippen LogP contribution >= 0.6 is 0 Å². The maximum absolute atomic E-state index is 12.5. The third-order valence-electron chi connectivity index (χ3n) is 3.72. The van der Waals surface area contributed by atoms with Gasteiger partial charge in [0.1, 0.15) is 5.92 Å². The highest BCUT2D eigenvalue weighted by atomic mass is 16.5. The first kappa shape index (κ1) is 18.6. The van der Waals surface area contributed by atoms with Crippen LogP contribution in [0.1, 0.15) is 32.4 Å². The molecule has 2 amide bonds. The summed E-state index contributed by atoms with van der Waals surface area (Å²) in [5.74, 6) is -0.0871. The molecule has 1 fully saturated rings. The first-order valence-electron chi connectivity index (χ1n) is 8.14. The Labute approximate surface area is 147 Å². The average molecular weight is 348 g/mol. The molecule has 0 aromatic heterocycles. The van der Waals surface area contributed by atoms with Crippen molar-refractivity contribution in [3.63, 3.8) is 0 Å². The second kappa shape index (κ2) is 7.92. The van der Waals surface area contributed by atoms with Crippen molar-refractivity contribution in [2.24, 2.45) is 5.92 Å². The summed E-state index contributed by atoms with van der Waals surface area (Å²) in [6, 6.07) is 4.24. The molecule has 7 nitrogen and oxygen atoms in total. The van der Waals surface area contributed by atoms with Crippen LogP contribution in [-0.4, -0.2) is 31.8 Å². The van der Waals surface area contributed by atoms with E-state index in [-0.39, 0.29) is 6.10 Å². The normalized spacial score (nSPS) is 19.9. The predicted octanol–water partition coefficient (Wildman–Crippen LogP) is 2.53. The number of hydrogen-bond donors (Lipinski definition) is 2. The Morgan fingerprint density at radius 3 is 2.64 bits per heavy atom. The molecule has 1 aromatic rings. The Morgan fingerprint density at radius 2 is 2.04 bits per heavy atom. The van der Waals surface area contributed by atoms with Crippen LogP contribution in [0.25, 0.3) is 0 Å². The van der Waals surface area contributed by atoms with E-state index in [9.17, 15) is 9.59 Å². The number of nitrogens with one attached hydrogen (secondary N) is 2. The molecule has 7 heteroatoms. The van der Waals surface area contributed by atoms with Crippen molar-refractivity contribution in [1.82, 2.24) is 10.6 Å². The van der Waals surface area contributed by atoms with Gasteiger partial charge in [-0.15, -0.1) is 0 Å². The van der Waals surface area contributed by atoms with Gasteiger partial charge in [-0.2, -0.15) is 0 Å². The topological polar surface area (TPSA) is 85.9 Å². The standard InChI is InChI=1S/C18H24N2O5/c1-6-24-13-8-7-12(9-14(13)23-5)16-15(17(21)25-10(2)3)11(4)19-18(22)20-16/h7-10,15-16H,4,6H2,1-3,5H3,(H2,19,20,22). The smallest absolute Gasteiger partial charge is 0.319 e. The molecule has 2 atom stereocenters. The molecule has 0 aliphatic carbocycles. The molecule has 2 unspecified atom stereocenters. The van der Waals surface area contributed by atoms with E-state index in [1.54, 1.807) is 32.0 Å². The van der Waals surface area contributed by atoms with Crippen LogP contribution in [0.4, 0.5) is 4.79 Å². The van der Waals surface area contributed by atoms with Gasteiger partial charge in [0.15, 0.2) is 11.5 Å². The molecule has 1 heterocycles. The van der Waals surface area contributed by atoms with E-state index >= 15 is 0 Å². The lowest BCUT2D eigenvalue weighted by atomic mass is 9.89. The van der Waals surface area contributed by atoms with E-state index in [0.29, 0.717) is 29.4 Å². The van der Waals surface area contributed by atoms with Gasteiger partial charge in [-0.1, -0.05) is 12.6 Å². The molecule has 136 valence electrons. The second-order valence-corrected chi connectivity index (χ2v) is 5.91. The molecule has 25 heavy (non-hydrogen) atoms. The van der Waals surface area contributed by atoms with Gasteiger partial charge in [0, 0.05) is 5.70 Å². The van der Waals surface area contributed by atoms with E-state index in [1.807, 2.05) is 6.92 Å². The molecule has 0 spiro atoms. The molecular formula is C18H24N2O5. The molecule has 1 aromatic carbocycles. The summed E-state index contributed by atoms with van der Waals surface area (Å²) in [4.78, 5) is 24.4. The highest BCUT2D eigenvalue weighted by Gasteiger charge is 2.39. The van der Waals surface area contributed by atoms with Gasteiger partial charge in [-0.25, -0.2) is 4.79 Å². The molecule has 1 aliphatic rings. The van der Waals surface area contributed by atoms with Gasteiger partial charge in [-0.3, -0.25) is 4.79 Å². The Balaban J connectivity index is 2.39. The van der Waals surface area contributed by atoms with E-state index in [4.69, 9.17) is 14.2 Å². The zero-order valence-electron chi connectivity index (χ0n) is 14.9. The molecule has 2 N–H and O–H groups in total. The number of carbonyl (C=O) groups excluding carboxylic acids is 2. The van der Waals surface area contributed by atoms with Crippen molar-refractivity contribution in [1.29, 1.82) is 0 Å². The lowest BCUT2D eigenvalue weighted by Gasteiger charge is -2.33. The summed E-state index contributed by atoms with van der Waals surface area (Å²) in [5, 5.41) is 5.30. The molecule has 0 radical (unpaired) electrons. The summed E-state index contributed by atoms with van der Waals surface area (Å²) < 4.78 is 16.2. The third-order valence-corrected chi connectivity index (χ3v) is 3.72. The van der Waals surface area contributed by atoms with E-state index in [2.05, 4.69) is 17.2 Å². The van der Waals surface area contributed by atoms with Crippen LogP contribution < -0.4 is 20.1 Å². The number of amides is 2. The first-order valence-corrected chi connectivity index (χ1v) is 8.14. The van der Waals surface area contributed by atoms with E-state index in [0.717, 1.165) is 0 Å².